The van der Waals surface area contributed by atoms with Gasteiger partial charge in [-0.25, -0.2) is 4.79 Å². The number of carboxylic acids is 1. The Hall–Kier alpha value is -3.69. The van der Waals surface area contributed by atoms with Gasteiger partial charge < -0.3 is 5.11 Å². The molecule has 0 aliphatic heterocycles. The van der Waals surface area contributed by atoms with Crippen molar-refractivity contribution in [2.45, 2.75) is 12.8 Å². The van der Waals surface area contributed by atoms with Crippen LogP contribution in [0.25, 0.3) is 11.1 Å². The van der Waals surface area contributed by atoms with E-state index in [2.05, 4.69) is 18.2 Å². The molecule has 0 amide bonds. The van der Waals surface area contributed by atoms with Crippen molar-refractivity contribution in [1.29, 1.82) is 0 Å². The first-order chi connectivity index (χ1) is 15.5. The number of halogens is 1. The number of carbonyl (C=O) groups excluding carboxylic acids is 1. The fraction of sp³-hybridized carbons (Fsp3) is 0.0714. The Kier molecular flexibility index (Phi) is 5.12. The minimum atomic E-state index is -1.10. The second-order valence-corrected chi connectivity index (χ2v) is 8.46. The second-order valence-electron chi connectivity index (χ2n) is 8.02. The third-order valence-electron chi connectivity index (χ3n) is 5.93. The van der Waals surface area contributed by atoms with Crippen LogP contribution in [0.15, 0.2) is 84.9 Å². The number of hydrogen-bond acceptors (Lipinski definition) is 2. The summed E-state index contributed by atoms with van der Waals surface area (Å²) >= 11 is 5.99. The zero-order valence-electron chi connectivity index (χ0n) is 17.1. The van der Waals surface area contributed by atoms with E-state index in [9.17, 15) is 14.7 Å². The summed E-state index contributed by atoms with van der Waals surface area (Å²) in [5.74, 6) is -1.37. The van der Waals surface area contributed by atoms with Gasteiger partial charge in [-0.05, 0) is 70.5 Å². The molecule has 0 spiro atoms. The van der Waals surface area contributed by atoms with Gasteiger partial charge in [-0.3, -0.25) is 4.79 Å². The first-order valence-corrected chi connectivity index (χ1v) is 10.7. The van der Waals surface area contributed by atoms with Crippen molar-refractivity contribution >= 4 is 23.4 Å². The van der Waals surface area contributed by atoms with Gasteiger partial charge in [-0.15, -0.1) is 0 Å². The quantitative estimate of drug-likeness (QED) is 0.321. The number of fused-ring (bicyclic) bond motifs is 3. The normalized spacial score (nSPS) is 11.7. The molecule has 1 aliphatic carbocycles. The topological polar surface area (TPSA) is 54.4 Å². The highest BCUT2D eigenvalue weighted by Crippen LogP contribution is 2.38. The molecule has 0 radical (unpaired) electrons. The molecule has 1 N–H and O–H groups in total. The summed E-state index contributed by atoms with van der Waals surface area (Å²) in [6, 6.07) is 26.4. The van der Waals surface area contributed by atoms with E-state index in [1.165, 1.54) is 28.3 Å². The Morgan fingerprint density at radius 1 is 0.750 bits per heavy atom. The second kappa shape index (κ2) is 8.10. The Labute approximate surface area is 190 Å². The highest BCUT2D eigenvalue weighted by Gasteiger charge is 2.22. The summed E-state index contributed by atoms with van der Waals surface area (Å²) in [5.41, 5.74) is 7.80. The van der Waals surface area contributed by atoms with Crippen LogP contribution in [-0.2, 0) is 12.8 Å². The highest BCUT2D eigenvalue weighted by molar-refractivity contribution is 6.30. The number of benzene rings is 4. The van der Waals surface area contributed by atoms with Crippen LogP contribution >= 0.6 is 11.6 Å². The lowest BCUT2D eigenvalue weighted by molar-refractivity contribution is 0.0693. The van der Waals surface area contributed by atoms with Crippen LogP contribution in [0.3, 0.4) is 0 Å². The third kappa shape index (κ3) is 3.72. The lowest BCUT2D eigenvalue weighted by Crippen LogP contribution is -2.09. The number of hydrogen-bond donors (Lipinski definition) is 1. The largest absolute Gasteiger partial charge is 0.478 e. The maximum atomic E-state index is 13.1. The number of ketones is 1. The van der Waals surface area contributed by atoms with Crippen molar-refractivity contribution in [2.24, 2.45) is 0 Å². The van der Waals surface area contributed by atoms with Crippen LogP contribution in [0, 0.1) is 0 Å². The van der Waals surface area contributed by atoms with E-state index in [4.69, 9.17) is 11.6 Å². The summed E-state index contributed by atoms with van der Waals surface area (Å²) in [7, 11) is 0. The molecule has 0 saturated heterocycles. The average Bonchev–Trinajstić information content (AvgIpc) is 3.17. The van der Waals surface area contributed by atoms with Crippen molar-refractivity contribution in [3.63, 3.8) is 0 Å². The monoisotopic (exact) mass is 438 g/mol. The van der Waals surface area contributed by atoms with Gasteiger partial charge in [-0.2, -0.15) is 0 Å². The molecular weight excluding hydrogens is 420 g/mol. The van der Waals surface area contributed by atoms with Gasteiger partial charge in [0.1, 0.15) is 0 Å². The van der Waals surface area contributed by atoms with Crippen molar-refractivity contribution in [3.05, 3.63) is 129 Å². The van der Waals surface area contributed by atoms with Gasteiger partial charge in [0, 0.05) is 16.1 Å². The minimum Gasteiger partial charge on any atom is -0.478 e. The predicted octanol–water partition coefficient (Wildman–Crippen LogP) is 6.43. The molecule has 0 aromatic heterocycles. The van der Waals surface area contributed by atoms with Gasteiger partial charge >= 0.3 is 5.97 Å². The van der Waals surface area contributed by atoms with Gasteiger partial charge in [0.2, 0.25) is 0 Å². The molecule has 0 heterocycles. The molecule has 0 fully saturated rings. The lowest BCUT2D eigenvalue weighted by atomic mass is 9.95. The van der Waals surface area contributed by atoms with Gasteiger partial charge in [0.25, 0.3) is 0 Å². The lowest BCUT2D eigenvalue weighted by Gasteiger charge is -2.08. The van der Waals surface area contributed by atoms with Gasteiger partial charge in [-0.1, -0.05) is 72.3 Å². The van der Waals surface area contributed by atoms with E-state index >= 15 is 0 Å². The van der Waals surface area contributed by atoms with Crippen molar-refractivity contribution in [2.75, 3.05) is 0 Å². The van der Waals surface area contributed by atoms with Crippen LogP contribution in [0.4, 0.5) is 0 Å². The molecule has 4 aromatic rings. The van der Waals surface area contributed by atoms with Crippen molar-refractivity contribution in [1.82, 2.24) is 0 Å². The fourth-order valence-electron chi connectivity index (χ4n) is 4.38. The minimum absolute atomic E-state index is 0.0214. The summed E-state index contributed by atoms with van der Waals surface area (Å²) < 4.78 is 0. The summed E-state index contributed by atoms with van der Waals surface area (Å²) in [4.78, 5) is 24.6. The third-order valence-corrected chi connectivity index (χ3v) is 6.18. The molecule has 0 atom stereocenters. The van der Waals surface area contributed by atoms with E-state index in [1.54, 1.807) is 24.3 Å². The summed E-state index contributed by atoms with van der Waals surface area (Å²) in [6.07, 6.45) is 1.58. The molecule has 0 saturated carbocycles. The molecule has 4 heteroatoms. The zero-order valence-corrected chi connectivity index (χ0v) is 17.9. The van der Waals surface area contributed by atoms with E-state index in [0.29, 0.717) is 5.56 Å². The summed E-state index contributed by atoms with van der Waals surface area (Å²) in [6.45, 7) is 0. The van der Waals surface area contributed by atoms with E-state index < -0.39 is 5.97 Å². The van der Waals surface area contributed by atoms with Crippen LogP contribution < -0.4 is 0 Å². The van der Waals surface area contributed by atoms with Gasteiger partial charge in [0.05, 0.1) is 5.56 Å². The Morgan fingerprint density at radius 3 is 2.09 bits per heavy atom. The number of rotatable bonds is 5. The SMILES string of the molecule is O=C(O)c1ccccc1C(=O)c1ccc2c(c1)Cc1cc(Cc3ccc(Cl)cc3)ccc1-2. The van der Waals surface area contributed by atoms with Crippen LogP contribution in [0.2, 0.25) is 5.02 Å². The molecule has 1 aliphatic rings. The smallest absolute Gasteiger partial charge is 0.336 e. The van der Waals surface area contributed by atoms with Crippen LogP contribution in [-0.4, -0.2) is 16.9 Å². The molecule has 0 bridgehead atoms. The standard InChI is InChI=1S/C28H19ClO3/c29-22-9-5-17(6-10-22)13-18-7-11-23-20(14-18)16-21-15-19(8-12-24(21)23)27(30)25-3-1-2-4-26(25)28(31)32/h1-12,14-15H,13,16H2,(H,31,32). The zero-order chi connectivity index (χ0) is 22.2. The molecule has 0 unspecified atom stereocenters. The Balaban J connectivity index is 1.43. The van der Waals surface area contributed by atoms with E-state index in [-0.39, 0.29) is 16.9 Å². The molecule has 156 valence electrons. The first-order valence-electron chi connectivity index (χ1n) is 10.4. The van der Waals surface area contributed by atoms with Crippen LogP contribution in [0.5, 0.6) is 0 Å². The maximum Gasteiger partial charge on any atom is 0.336 e. The highest BCUT2D eigenvalue weighted by atomic mass is 35.5. The Bertz CT molecular complexity index is 1370. The maximum absolute atomic E-state index is 13.1. The molecular formula is C28H19ClO3. The van der Waals surface area contributed by atoms with E-state index in [1.807, 2.05) is 36.4 Å². The van der Waals surface area contributed by atoms with Crippen molar-refractivity contribution in [3.8, 4) is 11.1 Å². The number of carboxylic acid groups (broad SMARTS) is 1. The average molecular weight is 439 g/mol. The van der Waals surface area contributed by atoms with Crippen LogP contribution in [0.1, 0.15) is 48.5 Å². The predicted molar refractivity (Wildman–Crippen MR) is 126 cm³/mol. The van der Waals surface area contributed by atoms with Gasteiger partial charge in [0.15, 0.2) is 5.78 Å². The Morgan fingerprint density at radius 2 is 1.38 bits per heavy atom. The van der Waals surface area contributed by atoms with Crippen molar-refractivity contribution < 1.29 is 14.7 Å². The summed E-state index contributed by atoms with van der Waals surface area (Å²) in [5, 5.41) is 10.2. The fourth-order valence-corrected chi connectivity index (χ4v) is 4.50. The number of aromatic carboxylic acids is 1. The van der Waals surface area contributed by atoms with E-state index in [0.717, 1.165) is 29.0 Å². The molecule has 4 aromatic carbocycles. The number of carbonyl (C=O) groups is 2. The molecule has 32 heavy (non-hydrogen) atoms. The molecule has 3 nitrogen and oxygen atoms in total. The molecule has 5 rings (SSSR count). The first kappa shape index (κ1) is 20.2.